The molecule has 0 aliphatic heterocycles. The van der Waals surface area contributed by atoms with Gasteiger partial charge in [-0.05, 0) is 62.7 Å². The van der Waals surface area contributed by atoms with Crippen LogP contribution in [0.1, 0.15) is 41.8 Å². The molecule has 3 heterocycles. The van der Waals surface area contributed by atoms with Crippen LogP contribution in [-0.4, -0.2) is 14.8 Å². The number of hydrogen-bond donors (Lipinski definition) is 1. The number of anilines is 1. The number of rotatable bonds is 5. The molecule has 1 atom stereocenters. The van der Waals surface area contributed by atoms with Crippen LogP contribution in [-0.2, 0) is 7.05 Å². The minimum Gasteiger partial charge on any atom is -0.455 e. The van der Waals surface area contributed by atoms with Crippen LogP contribution in [0.25, 0.3) is 33.2 Å². The van der Waals surface area contributed by atoms with Crippen molar-refractivity contribution in [3.8, 4) is 11.3 Å². The Morgan fingerprint density at radius 2 is 1.91 bits per heavy atom. The van der Waals surface area contributed by atoms with E-state index in [1.54, 1.807) is 29.8 Å². The van der Waals surface area contributed by atoms with Crippen molar-refractivity contribution in [1.82, 2.24) is 14.8 Å². The number of alkyl halides is 2. The lowest BCUT2D eigenvalue weighted by molar-refractivity contribution is 0.147. The third kappa shape index (κ3) is 4.05. The van der Waals surface area contributed by atoms with Gasteiger partial charge in [0, 0.05) is 41.5 Å². The fourth-order valence-corrected chi connectivity index (χ4v) is 4.48. The Bertz CT molecular complexity index is 1640. The number of aryl methyl sites for hydroxylation is 2. The number of benzene rings is 2. The van der Waals surface area contributed by atoms with E-state index in [2.05, 4.69) is 15.4 Å². The van der Waals surface area contributed by atoms with Crippen molar-refractivity contribution < 1.29 is 13.2 Å². The molecule has 0 aliphatic rings. The van der Waals surface area contributed by atoms with Gasteiger partial charge in [-0.1, -0.05) is 6.07 Å². The Kier molecular flexibility index (Phi) is 5.59. The quantitative estimate of drug-likeness (QED) is 0.316. The number of hydrogen-bond acceptors (Lipinski definition) is 5. The summed E-state index contributed by atoms with van der Waals surface area (Å²) in [4.78, 5) is 17.2. The Hall–Kier alpha value is -4.07. The van der Waals surface area contributed by atoms with E-state index in [4.69, 9.17) is 4.42 Å². The number of aromatic nitrogens is 3. The fourth-order valence-electron chi connectivity index (χ4n) is 4.48. The minimum absolute atomic E-state index is 0.126. The van der Waals surface area contributed by atoms with Crippen molar-refractivity contribution in [2.75, 3.05) is 5.32 Å². The van der Waals surface area contributed by atoms with Gasteiger partial charge in [-0.2, -0.15) is 5.10 Å². The van der Waals surface area contributed by atoms with Gasteiger partial charge >= 0.3 is 0 Å². The number of nitrogens with one attached hydrogen (secondary N) is 1. The zero-order valence-corrected chi connectivity index (χ0v) is 19.8. The van der Waals surface area contributed by atoms with E-state index in [-0.39, 0.29) is 16.8 Å². The molecule has 1 N–H and O–H groups in total. The molecule has 0 spiro atoms. The first-order valence-corrected chi connectivity index (χ1v) is 11.2. The second kappa shape index (κ2) is 8.61. The van der Waals surface area contributed by atoms with E-state index in [1.807, 2.05) is 51.4 Å². The first-order valence-electron chi connectivity index (χ1n) is 11.2. The summed E-state index contributed by atoms with van der Waals surface area (Å²) in [7, 11) is 1.85. The first-order chi connectivity index (χ1) is 16.7. The van der Waals surface area contributed by atoms with Crippen LogP contribution < -0.4 is 10.7 Å². The topological polar surface area (TPSA) is 73.0 Å². The maximum atomic E-state index is 13.5. The predicted octanol–water partition coefficient (Wildman–Crippen LogP) is 6.47. The Balaban J connectivity index is 1.67. The van der Waals surface area contributed by atoms with Crippen LogP contribution in [0.5, 0.6) is 0 Å². The predicted molar refractivity (Wildman–Crippen MR) is 133 cm³/mol. The SMILES string of the molecule is Cc1cc(C(C)Nc2cccnc2C(F)F)c2oc(-c3ccc4nn(C)cc4c3)c(C)c(=O)c2c1. The van der Waals surface area contributed by atoms with Gasteiger partial charge in [0.25, 0.3) is 6.43 Å². The molecule has 1 unspecified atom stereocenters. The minimum atomic E-state index is -2.71. The van der Waals surface area contributed by atoms with Gasteiger partial charge in [0.05, 0.1) is 22.6 Å². The molecule has 0 radical (unpaired) electrons. The van der Waals surface area contributed by atoms with Gasteiger partial charge in [-0.3, -0.25) is 14.5 Å². The van der Waals surface area contributed by atoms with E-state index in [9.17, 15) is 13.6 Å². The largest absolute Gasteiger partial charge is 0.455 e. The molecule has 6 nitrogen and oxygen atoms in total. The number of halogens is 2. The van der Waals surface area contributed by atoms with E-state index in [0.717, 1.165) is 22.0 Å². The molecule has 0 fully saturated rings. The van der Waals surface area contributed by atoms with Crippen LogP contribution in [0.2, 0.25) is 0 Å². The van der Waals surface area contributed by atoms with Crippen LogP contribution in [0.4, 0.5) is 14.5 Å². The summed E-state index contributed by atoms with van der Waals surface area (Å²) in [6.07, 6.45) is 0.532. The van der Waals surface area contributed by atoms with Crippen molar-refractivity contribution in [3.05, 3.63) is 87.5 Å². The molecule has 5 rings (SSSR count). The lowest BCUT2D eigenvalue weighted by Gasteiger charge is -2.20. The molecule has 0 aliphatic carbocycles. The van der Waals surface area contributed by atoms with Crippen molar-refractivity contribution >= 4 is 27.6 Å². The van der Waals surface area contributed by atoms with Gasteiger partial charge in [-0.15, -0.1) is 0 Å². The molecule has 5 aromatic rings. The van der Waals surface area contributed by atoms with Crippen molar-refractivity contribution in [3.63, 3.8) is 0 Å². The normalized spacial score (nSPS) is 12.5. The van der Waals surface area contributed by atoms with E-state index in [1.165, 1.54) is 6.20 Å². The molecule has 2 aromatic carbocycles. The summed E-state index contributed by atoms with van der Waals surface area (Å²) < 4.78 is 35.1. The third-order valence-corrected chi connectivity index (χ3v) is 6.16. The highest BCUT2D eigenvalue weighted by atomic mass is 19.3. The number of nitrogens with zero attached hydrogens (tertiary/aromatic N) is 3. The lowest BCUT2D eigenvalue weighted by Crippen LogP contribution is -2.13. The summed E-state index contributed by atoms with van der Waals surface area (Å²) in [6, 6.07) is 12.2. The molecule has 0 saturated carbocycles. The molecule has 3 aromatic heterocycles. The van der Waals surface area contributed by atoms with Gasteiger partial charge < -0.3 is 9.73 Å². The zero-order valence-electron chi connectivity index (χ0n) is 19.8. The van der Waals surface area contributed by atoms with Gasteiger partial charge in [-0.25, -0.2) is 8.78 Å². The molecule has 8 heteroatoms. The molecule has 178 valence electrons. The van der Waals surface area contributed by atoms with Crippen molar-refractivity contribution in [1.29, 1.82) is 0 Å². The Morgan fingerprint density at radius 3 is 2.69 bits per heavy atom. The van der Waals surface area contributed by atoms with Crippen molar-refractivity contribution in [2.24, 2.45) is 7.05 Å². The van der Waals surface area contributed by atoms with Crippen LogP contribution in [0, 0.1) is 13.8 Å². The van der Waals surface area contributed by atoms with Crippen LogP contribution in [0.15, 0.2) is 64.1 Å². The summed E-state index contributed by atoms with van der Waals surface area (Å²) in [5.74, 6) is 0.472. The second-order valence-electron chi connectivity index (χ2n) is 8.80. The average Bonchev–Trinajstić information content (AvgIpc) is 3.20. The first kappa shape index (κ1) is 22.7. The summed E-state index contributed by atoms with van der Waals surface area (Å²) in [6.45, 7) is 5.49. The zero-order chi connectivity index (χ0) is 24.9. The second-order valence-corrected chi connectivity index (χ2v) is 8.80. The van der Waals surface area contributed by atoms with E-state index < -0.39 is 12.5 Å². The molecule has 35 heavy (non-hydrogen) atoms. The summed E-state index contributed by atoms with van der Waals surface area (Å²) in [5.41, 5.74) is 3.90. The molecule has 0 saturated heterocycles. The highest BCUT2D eigenvalue weighted by Crippen LogP contribution is 2.34. The van der Waals surface area contributed by atoms with E-state index in [0.29, 0.717) is 27.9 Å². The lowest BCUT2D eigenvalue weighted by atomic mass is 9.98. The van der Waals surface area contributed by atoms with Gasteiger partial charge in [0.1, 0.15) is 17.0 Å². The van der Waals surface area contributed by atoms with Crippen molar-refractivity contribution in [2.45, 2.75) is 33.2 Å². The molecule has 0 amide bonds. The number of pyridine rings is 1. The smallest absolute Gasteiger partial charge is 0.282 e. The third-order valence-electron chi connectivity index (χ3n) is 6.16. The average molecular weight is 475 g/mol. The molecular formula is C27H24F2N4O2. The fraction of sp³-hybridized carbons (Fsp3) is 0.222. The summed E-state index contributed by atoms with van der Waals surface area (Å²) >= 11 is 0. The Morgan fingerprint density at radius 1 is 1.11 bits per heavy atom. The highest BCUT2D eigenvalue weighted by Gasteiger charge is 2.21. The number of fused-ring (bicyclic) bond motifs is 2. The molecular weight excluding hydrogens is 450 g/mol. The maximum absolute atomic E-state index is 13.5. The van der Waals surface area contributed by atoms with Gasteiger partial charge in [0.2, 0.25) is 0 Å². The Labute approximate surface area is 200 Å². The van der Waals surface area contributed by atoms with Crippen LogP contribution in [0.3, 0.4) is 0 Å². The molecule has 0 bridgehead atoms. The van der Waals surface area contributed by atoms with Gasteiger partial charge in [0.15, 0.2) is 5.43 Å². The van der Waals surface area contributed by atoms with Crippen LogP contribution >= 0.6 is 0 Å². The maximum Gasteiger partial charge on any atom is 0.282 e. The van der Waals surface area contributed by atoms with E-state index >= 15 is 0 Å². The standard InChI is InChI=1S/C27H24F2N4O2/c1-14-10-19(16(3)31-22-6-5-9-30-23(22)27(28)29)26-20(11-14)24(34)15(2)25(35-26)17-7-8-21-18(12-17)13-33(4)32-21/h5-13,16,27,31H,1-4H3. The monoisotopic (exact) mass is 474 g/mol. The highest BCUT2D eigenvalue weighted by molar-refractivity contribution is 5.87. The summed E-state index contributed by atoms with van der Waals surface area (Å²) in [5, 5.41) is 8.92.